The van der Waals surface area contributed by atoms with Gasteiger partial charge in [-0.1, -0.05) is 29.8 Å². The molecule has 1 heterocycles. The van der Waals surface area contributed by atoms with Crippen molar-refractivity contribution in [1.82, 2.24) is 4.90 Å². The molecule has 0 atom stereocenters. The summed E-state index contributed by atoms with van der Waals surface area (Å²) in [6.07, 6.45) is 2.26. The molecule has 0 spiro atoms. The fourth-order valence-corrected chi connectivity index (χ4v) is 3.14. The van der Waals surface area contributed by atoms with E-state index in [-0.39, 0.29) is 30.7 Å². The molecule has 1 aliphatic heterocycles. The zero-order valence-corrected chi connectivity index (χ0v) is 17.0. The zero-order valence-electron chi connectivity index (χ0n) is 14.6. The largest absolute Gasteiger partial charge is 0.382 e. The lowest BCUT2D eigenvalue weighted by atomic mass is 10.1. The van der Waals surface area contributed by atoms with E-state index >= 15 is 0 Å². The van der Waals surface area contributed by atoms with Crippen LogP contribution in [0.15, 0.2) is 48.5 Å². The van der Waals surface area contributed by atoms with E-state index in [1.807, 2.05) is 30.3 Å². The van der Waals surface area contributed by atoms with Crippen molar-refractivity contribution in [3.8, 4) is 0 Å². The van der Waals surface area contributed by atoms with Gasteiger partial charge in [-0.15, -0.1) is 24.8 Å². The van der Waals surface area contributed by atoms with Crippen LogP contribution >= 0.6 is 36.4 Å². The van der Waals surface area contributed by atoms with Gasteiger partial charge in [0, 0.05) is 17.4 Å². The minimum Gasteiger partial charge on any atom is -0.382 e. The fourth-order valence-electron chi connectivity index (χ4n) is 2.92. The van der Waals surface area contributed by atoms with Gasteiger partial charge in [0.25, 0.3) is 5.91 Å². The average Bonchev–Trinajstić information content (AvgIpc) is 2.58. The minimum absolute atomic E-state index is 0. The number of piperidine rings is 1. The van der Waals surface area contributed by atoms with Gasteiger partial charge in [-0.3, -0.25) is 4.79 Å². The Hall–Kier alpha value is -1.46. The molecule has 0 unspecified atom stereocenters. The number of benzene rings is 2. The Morgan fingerprint density at radius 1 is 1.04 bits per heavy atom. The highest BCUT2D eigenvalue weighted by Crippen LogP contribution is 2.21. The molecule has 142 valence electrons. The standard InChI is InChI=1S/C19H22ClN3O.2ClH/c1-23-11-9-14(10-12-23)21-15-5-4-6-16(13-15)22-19(24)17-7-2-3-8-18(17)20;;/h2-8,13-14,21H,9-12H2,1H3,(H,22,24);2*1H. The van der Waals surface area contributed by atoms with Crippen LogP contribution < -0.4 is 10.6 Å². The highest BCUT2D eigenvalue weighted by atomic mass is 35.5. The highest BCUT2D eigenvalue weighted by Gasteiger charge is 2.16. The van der Waals surface area contributed by atoms with Gasteiger partial charge in [0.1, 0.15) is 0 Å². The maximum atomic E-state index is 12.4. The maximum Gasteiger partial charge on any atom is 0.257 e. The van der Waals surface area contributed by atoms with Gasteiger partial charge in [-0.25, -0.2) is 0 Å². The van der Waals surface area contributed by atoms with Gasteiger partial charge in [0.2, 0.25) is 0 Å². The highest BCUT2D eigenvalue weighted by molar-refractivity contribution is 6.34. The van der Waals surface area contributed by atoms with Crippen LogP contribution in [0, 0.1) is 0 Å². The van der Waals surface area contributed by atoms with E-state index in [2.05, 4.69) is 22.6 Å². The van der Waals surface area contributed by atoms with Crippen LogP contribution in [-0.4, -0.2) is 37.0 Å². The van der Waals surface area contributed by atoms with E-state index < -0.39 is 0 Å². The molecule has 2 aromatic carbocycles. The van der Waals surface area contributed by atoms with Crippen molar-refractivity contribution in [2.75, 3.05) is 30.8 Å². The monoisotopic (exact) mass is 415 g/mol. The van der Waals surface area contributed by atoms with E-state index in [0.29, 0.717) is 16.6 Å². The molecule has 1 saturated heterocycles. The number of carbonyl (C=O) groups is 1. The van der Waals surface area contributed by atoms with Crippen molar-refractivity contribution in [3.63, 3.8) is 0 Å². The van der Waals surface area contributed by atoms with Crippen LogP contribution in [0.5, 0.6) is 0 Å². The minimum atomic E-state index is -0.197. The molecular formula is C19H24Cl3N3O. The fraction of sp³-hybridized carbons (Fsp3) is 0.316. The first-order valence-electron chi connectivity index (χ1n) is 8.23. The number of nitrogens with zero attached hydrogens (tertiary/aromatic N) is 1. The van der Waals surface area contributed by atoms with Crippen molar-refractivity contribution in [1.29, 1.82) is 0 Å². The summed E-state index contributed by atoms with van der Waals surface area (Å²) in [7, 11) is 2.15. The summed E-state index contributed by atoms with van der Waals surface area (Å²) < 4.78 is 0. The summed E-state index contributed by atoms with van der Waals surface area (Å²) in [4.78, 5) is 14.7. The molecule has 0 radical (unpaired) electrons. The van der Waals surface area contributed by atoms with Gasteiger partial charge in [0.05, 0.1) is 10.6 Å². The van der Waals surface area contributed by atoms with Crippen molar-refractivity contribution in [2.45, 2.75) is 18.9 Å². The lowest BCUT2D eigenvalue weighted by molar-refractivity contribution is 0.102. The Labute approximate surface area is 172 Å². The number of rotatable bonds is 4. The Kier molecular flexibility index (Phi) is 9.23. The molecule has 1 amide bonds. The molecule has 1 aliphatic rings. The first kappa shape index (κ1) is 22.6. The van der Waals surface area contributed by atoms with Crippen molar-refractivity contribution in [3.05, 3.63) is 59.1 Å². The lowest BCUT2D eigenvalue weighted by Gasteiger charge is -2.30. The van der Waals surface area contributed by atoms with Gasteiger partial charge < -0.3 is 15.5 Å². The second-order valence-electron chi connectivity index (χ2n) is 6.24. The van der Waals surface area contributed by atoms with Gasteiger partial charge in [-0.2, -0.15) is 0 Å². The number of carbonyl (C=O) groups excluding carboxylic acids is 1. The number of likely N-dealkylation sites (tertiary alicyclic amines) is 1. The van der Waals surface area contributed by atoms with Crippen molar-refractivity contribution < 1.29 is 4.79 Å². The second-order valence-corrected chi connectivity index (χ2v) is 6.64. The second kappa shape index (κ2) is 10.6. The molecule has 7 heteroatoms. The van der Waals surface area contributed by atoms with Crippen LogP contribution in [0.2, 0.25) is 5.02 Å². The Bertz CT molecular complexity index is 719. The summed E-state index contributed by atoms with van der Waals surface area (Å²) in [5.74, 6) is -0.197. The first-order valence-corrected chi connectivity index (χ1v) is 8.60. The third kappa shape index (κ3) is 6.06. The van der Waals surface area contributed by atoms with E-state index in [1.54, 1.807) is 18.2 Å². The summed E-state index contributed by atoms with van der Waals surface area (Å²) in [5.41, 5.74) is 2.27. The van der Waals surface area contributed by atoms with E-state index in [0.717, 1.165) is 37.3 Å². The molecule has 2 aromatic rings. The van der Waals surface area contributed by atoms with Crippen LogP contribution in [0.25, 0.3) is 0 Å². The van der Waals surface area contributed by atoms with Crippen LogP contribution in [0.4, 0.5) is 11.4 Å². The number of anilines is 2. The predicted molar refractivity (Wildman–Crippen MR) is 114 cm³/mol. The average molecular weight is 417 g/mol. The van der Waals surface area contributed by atoms with Crippen LogP contribution in [0.3, 0.4) is 0 Å². The lowest BCUT2D eigenvalue weighted by Crippen LogP contribution is -2.36. The molecular weight excluding hydrogens is 393 g/mol. The van der Waals surface area contributed by atoms with Gasteiger partial charge in [-0.05, 0) is 63.3 Å². The number of hydrogen-bond acceptors (Lipinski definition) is 3. The number of halogens is 3. The molecule has 0 bridgehead atoms. The molecule has 0 saturated carbocycles. The van der Waals surface area contributed by atoms with E-state index in [4.69, 9.17) is 11.6 Å². The van der Waals surface area contributed by atoms with E-state index in [9.17, 15) is 4.79 Å². The van der Waals surface area contributed by atoms with Crippen LogP contribution in [-0.2, 0) is 0 Å². The summed E-state index contributed by atoms with van der Waals surface area (Å²) >= 11 is 6.08. The molecule has 0 aliphatic carbocycles. The normalized spacial score (nSPS) is 14.7. The molecule has 4 nitrogen and oxygen atoms in total. The van der Waals surface area contributed by atoms with Gasteiger partial charge >= 0.3 is 0 Å². The SMILES string of the molecule is CN1CCC(Nc2cccc(NC(=O)c3ccccc3Cl)c2)CC1.Cl.Cl. The number of hydrogen-bond donors (Lipinski definition) is 2. The Balaban J connectivity index is 0.00000169. The van der Waals surface area contributed by atoms with Gasteiger partial charge in [0.15, 0.2) is 0 Å². The van der Waals surface area contributed by atoms with Crippen LogP contribution in [0.1, 0.15) is 23.2 Å². The maximum absolute atomic E-state index is 12.4. The zero-order chi connectivity index (χ0) is 16.9. The summed E-state index contributed by atoms with van der Waals surface area (Å²) in [5, 5.41) is 6.93. The molecule has 2 N–H and O–H groups in total. The Morgan fingerprint density at radius 2 is 1.69 bits per heavy atom. The quantitative estimate of drug-likeness (QED) is 0.742. The summed E-state index contributed by atoms with van der Waals surface area (Å²) in [6.45, 7) is 2.22. The molecule has 3 rings (SSSR count). The molecule has 26 heavy (non-hydrogen) atoms. The predicted octanol–water partition coefficient (Wildman–Crippen LogP) is 4.94. The summed E-state index contributed by atoms with van der Waals surface area (Å²) in [6, 6.07) is 15.4. The number of amides is 1. The van der Waals surface area contributed by atoms with E-state index in [1.165, 1.54) is 0 Å². The van der Waals surface area contributed by atoms with Crippen molar-refractivity contribution in [2.24, 2.45) is 0 Å². The molecule has 0 aromatic heterocycles. The topological polar surface area (TPSA) is 44.4 Å². The smallest absolute Gasteiger partial charge is 0.257 e. The van der Waals surface area contributed by atoms with Crippen molar-refractivity contribution >= 4 is 53.7 Å². The number of nitrogens with one attached hydrogen (secondary N) is 2. The third-order valence-corrected chi connectivity index (χ3v) is 4.66. The molecule has 1 fully saturated rings. The Morgan fingerprint density at radius 3 is 2.38 bits per heavy atom. The third-order valence-electron chi connectivity index (χ3n) is 4.33. The first-order chi connectivity index (χ1) is 11.6.